The highest BCUT2D eigenvalue weighted by atomic mass is 35.5. The normalized spacial score (nSPS) is 17.0. The molecule has 80 heavy (non-hydrogen) atoms. The van der Waals surface area contributed by atoms with Gasteiger partial charge in [-0.3, -0.25) is 48.4 Å². The monoisotopic (exact) mass is 1130 g/mol. The van der Waals surface area contributed by atoms with Crippen molar-refractivity contribution in [1.29, 1.82) is 0 Å². The first-order chi connectivity index (χ1) is 37.5. The Morgan fingerprint density at radius 3 is 1.45 bits per heavy atom. The number of unbranched alkanes of at least 4 members (excludes halogenated alkanes) is 4. The molecule has 0 saturated carbocycles. The van der Waals surface area contributed by atoms with Crippen molar-refractivity contribution in [3.8, 4) is 0 Å². The molecule has 8 N–H and O–H groups in total. The Kier molecular flexibility index (Phi) is 33.9. The largest absolute Gasteiger partial charge is 0.480 e. The van der Waals surface area contributed by atoms with Crippen molar-refractivity contribution in [2.75, 3.05) is 13.1 Å². The van der Waals surface area contributed by atoms with Crippen molar-refractivity contribution in [2.45, 2.75) is 181 Å². The van der Waals surface area contributed by atoms with E-state index in [0.717, 1.165) is 47.9 Å². The third-order valence-electron chi connectivity index (χ3n) is 13.0. The lowest BCUT2D eigenvalue weighted by atomic mass is 10.0. The fraction of sp³-hybridized carbons (Fsp3) is 0.533. The number of benzene rings is 2. The molecule has 2 saturated heterocycles. The van der Waals surface area contributed by atoms with Crippen molar-refractivity contribution >= 4 is 72.0 Å². The van der Waals surface area contributed by atoms with Gasteiger partial charge in [0, 0.05) is 32.0 Å². The molecule has 8 atom stereocenters. The first-order valence-corrected chi connectivity index (χ1v) is 27.6. The molecule has 4 rings (SSSR count). The van der Waals surface area contributed by atoms with Gasteiger partial charge in [-0.2, -0.15) is 0 Å². The lowest BCUT2D eigenvalue weighted by Gasteiger charge is -2.35. The number of amides is 5. The van der Waals surface area contributed by atoms with Crippen molar-refractivity contribution in [2.24, 2.45) is 17.6 Å². The minimum atomic E-state index is -1.03. The van der Waals surface area contributed by atoms with Gasteiger partial charge in [0.15, 0.2) is 12.2 Å². The Morgan fingerprint density at radius 2 is 1.05 bits per heavy atom. The van der Waals surface area contributed by atoms with E-state index in [4.69, 9.17) is 20.3 Å². The smallest absolute Gasteiger partial charge is 0.322 e. The Bertz CT molecular complexity index is 2360. The van der Waals surface area contributed by atoms with Gasteiger partial charge >= 0.3 is 17.9 Å². The number of nitrogens with two attached hydrogens (primary N) is 1. The van der Waals surface area contributed by atoms with E-state index in [9.17, 15) is 38.4 Å². The number of esters is 2. The zero-order chi connectivity index (χ0) is 59.2. The van der Waals surface area contributed by atoms with Crippen LogP contribution in [-0.4, -0.2) is 112 Å². The summed E-state index contributed by atoms with van der Waals surface area (Å²) < 4.78 is 10.8. The van der Waals surface area contributed by atoms with Gasteiger partial charge < -0.3 is 36.3 Å². The van der Waals surface area contributed by atoms with E-state index in [1.165, 1.54) is 16.9 Å². The van der Waals surface area contributed by atoms with Crippen LogP contribution in [0.2, 0.25) is 0 Å². The van der Waals surface area contributed by atoms with Gasteiger partial charge in [0.2, 0.25) is 5.91 Å². The van der Waals surface area contributed by atoms with Crippen molar-refractivity contribution in [3.63, 3.8) is 0 Å². The fourth-order valence-corrected chi connectivity index (χ4v) is 8.26. The van der Waals surface area contributed by atoms with Crippen LogP contribution in [0.25, 0.3) is 12.2 Å². The first-order valence-electron chi connectivity index (χ1n) is 27.6. The quantitative estimate of drug-likeness (QED) is 0.0254. The molecule has 2 fully saturated rings. The summed E-state index contributed by atoms with van der Waals surface area (Å²) >= 11 is 0. The predicted octanol–water partition coefficient (Wildman–Crippen LogP) is 7.98. The Balaban J connectivity index is 0.000000681. The summed E-state index contributed by atoms with van der Waals surface area (Å²) in [5.41, 5.74) is 15.6. The van der Waals surface area contributed by atoms with Crippen LogP contribution in [0.5, 0.6) is 0 Å². The molecule has 2 aliphatic rings. The molecule has 0 aliphatic carbocycles. The summed E-state index contributed by atoms with van der Waals surface area (Å²) in [6.07, 6.45) is 12.4. The molecular formula is C60H91ClN8O11. The SMILES string of the molecule is C=CCCCCC(=O)O[C@H](C(=O)N[C@@H](C)C(=O)N1CCC[C@@H](C(=O)N[C@H](C)c2cccc(C=C)c2)N1)C(C)C.C=CCCCCC(=O)O[C@H](C(=O)N[C@@H](C)C(=O)N1CCC[C@@H](C(=O)O)N1)C(C)C.C=Cc1cccc([C@@H](C)N)c1.Cl. The Morgan fingerprint density at radius 1 is 0.637 bits per heavy atom. The molecule has 0 spiro atoms. The average molecular weight is 1140 g/mol. The number of rotatable bonds is 27. The summed E-state index contributed by atoms with van der Waals surface area (Å²) in [4.78, 5) is 99.5. The standard InChI is InChI=1S/C30H44N4O5.C20H33N3O6.C10H13N.ClH/c1-7-9-10-11-17-26(35)39-27(20(3)4)29(37)32-22(6)30(38)34-18-13-16-25(33-34)28(36)31-21(5)24-15-12-14-23(8-2)19-24;1-5-6-7-8-11-16(24)29-17(13(2)3)18(25)21-14(4)19(26)23-12-9-10-15(22-23)20(27)28;1-3-9-5-4-6-10(7-9)8(2)11;/h7-8,12,14-15,19-22,25,27,33H,1-2,9-11,13,16-18H2,3-6H3,(H,31,36)(H,32,37);5,13-15,17,22H,1,6-12H2,2-4H3,(H,21,25)(H,27,28);3-8H,1,11H2,2H3;1H/t21-,22+,25+,27+;14-,15-,17-;8-;/m101./s1. The van der Waals surface area contributed by atoms with Crippen molar-refractivity contribution in [1.82, 2.24) is 36.8 Å². The molecule has 0 unspecified atom stereocenters. The number of carboxylic acid groups (broad SMARTS) is 1. The third-order valence-corrected chi connectivity index (χ3v) is 13.0. The number of hydrogen-bond donors (Lipinski definition) is 7. The van der Waals surface area contributed by atoms with Crippen LogP contribution >= 0.6 is 12.4 Å². The van der Waals surface area contributed by atoms with E-state index in [2.05, 4.69) is 59.2 Å². The molecular weight excluding hydrogens is 1040 g/mol. The van der Waals surface area contributed by atoms with Crippen LogP contribution in [0.15, 0.2) is 87.0 Å². The van der Waals surface area contributed by atoms with Gasteiger partial charge in [-0.15, -0.1) is 25.6 Å². The fourth-order valence-electron chi connectivity index (χ4n) is 8.26. The second kappa shape index (κ2) is 38.1. The summed E-state index contributed by atoms with van der Waals surface area (Å²) in [7, 11) is 0. The van der Waals surface area contributed by atoms with Crippen LogP contribution in [0.1, 0.15) is 167 Å². The Labute approximate surface area is 480 Å². The van der Waals surface area contributed by atoms with Crippen LogP contribution in [0, 0.1) is 11.8 Å². The molecule has 444 valence electrons. The number of ether oxygens (including phenoxy) is 2. The summed E-state index contributed by atoms with van der Waals surface area (Å²) in [5.74, 6) is -4.54. The summed E-state index contributed by atoms with van der Waals surface area (Å²) in [6.45, 7) is 29.6. The van der Waals surface area contributed by atoms with Gasteiger partial charge in [0.05, 0.1) is 6.04 Å². The van der Waals surface area contributed by atoms with Crippen LogP contribution < -0.4 is 32.5 Å². The van der Waals surface area contributed by atoms with E-state index < -0.39 is 72.0 Å². The molecule has 2 heterocycles. The maximum Gasteiger partial charge on any atom is 0.322 e. The number of nitrogens with zero attached hydrogens (tertiary/aromatic N) is 2. The van der Waals surface area contributed by atoms with Gasteiger partial charge in [0.25, 0.3) is 23.6 Å². The molecule has 5 amide bonds. The lowest BCUT2D eigenvalue weighted by Crippen LogP contribution is -2.61. The molecule has 2 aromatic rings. The molecule has 2 aromatic carbocycles. The van der Waals surface area contributed by atoms with E-state index in [-0.39, 0.29) is 61.0 Å². The van der Waals surface area contributed by atoms with Crippen LogP contribution in [0.4, 0.5) is 0 Å². The lowest BCUT2D eigenvalue weighted by molar-refractivity contribution is -0.159. The topological polar surface area (TPSA) is 268 Å². The molecule has 20 heteroatoms. The molecule has 0 aromatic heterocycles. The number of carbonyl (C=O) groups is 8. The number of nitrogens with one attached hydrogen (secondary N) is 5. The first kappa shape index (κ1) is 71.3. The molecule has 19 nitrogen and oxygen atoms in total. The highest BCUT2D eigenvalue weighted by Gasteiger charge is 2.35. The highest BCUT2D eigenvalue weighted by molar-refractivity contribution is 5.91. The number of allylic oxidation sites excluding steroid dienone is 2. The number of carbonyl (C=O) groups excluding carboxylic acids is 7. The maximum absolute atomic E-state index is 13.1. The second-order valence-corrected chi connectivity index (χ2v) is 20.6. The van der Waals surface area contributed by atoms with Crippen LogP contribution in [0.3, 0.4) is 0 Å². The van der Waals surface area contributed by atoms with E-state index in [1.54, 1.807) is 52.8 Å². The Hall–Kier alpha value is -6.67. The number of carboxylic acids is 1. The third kappa shape index (κ3) is 25.6. The van der Waals surface area contributed by atoms with Crippen LogP contribution in [-0.2, 0) is 47.8 Å². The van der Waals surface area contributed by atoms with E-state index in [0.29, 0.717) is 51.6 Å². The zero-order valence-electron chi connectivity index (χ0n) is 48.3. The maximum atomic E-state index is 13.1. The summed E-state index contributed by atoms with van der Waals surface area (Å²) in [6, 6.07) is 12.6. The molecule has 0 bridgehead atoms. The highest BCUT2D eigenvalue weighted by Crippen LogP contribution is 2.19. The number of aliphatic carboxylic acids is 1. The minimum Gasteiger partial charge on any atom is -0.480 e. The molecule has 2 aliphatic heterocycles. The number of halogens is 1. The second-order valence-electron chi connectivity index (χ2n) is 20.6. The predicted molar refractivity (Wildman–Crippen MR) is 315 cm³/mol. The summed E-state index contributed by atoms with van der Waals surface area (Å²) in [5, 5.41) is 20.0. The van der Waals surface area contributed by atoms with Gasteiger partial charge in [-0.05, 0) is 132 Å². The van der Waals surface area contributed by atoms with Gasteiger partial charge in [-0.1, -0.05) is 108 Å². The van der Waals surface area contributed by atoms with Crippen molar-refractivity contribution < 1.29 is 52.9 Å². The van der Waals surface area contributed by atoms with E-state index in [1.807, 2.05) is 62.4 Å². The number of hydrazine groups is 2. The van der Waals surface area contributed by atoms with Crippen molar-refractivity contribution in [3.05, 3.63) is 109 Å². The van der Waals surface area contributed by atoms with E-state index >= 15 is 0 Å². The molecule has 0 radical (unpaired) electrons. The number of hydrogen-bond acceptors (Lipinski definition) is 13. The van der Waals surface area contributed by atoms with Gasteiger partial charge in [-0.25, -0.2) is 10.9 Å². The van der Waals surface area contributed by atoms with Gasteiger partial charge in [0.1, 0.15) is 24.2 Å². The average Bonchev–Trinajstić information content (AvgIpc) is 3.43. The zero-order valence-corrected chi connectivity index (χ0v) is 49.2. The minimum absolute atomic E-state index is 0.